The monoisotopic (exact) mass is 656 g/mol. The van der Waals surface area contributed by atoms with E-state index in [4.69, 9.17) is 28.4 Å². The highest BCUT2D eigenvalue weighted by atomic mass is 16.8. The van der Waals surface area contributed by atoms with Gasteiger partial charge < -0.3 is 64.2 Å². The Morgan fingerprint density at radius 2 is 1.57 bits per heavy atom. The predicted octanol–water partition coefficient (Wildman–Crippen LogP) is -0.376. The molecule has 2 bridgehead atoms. The van der Waals surface area contributed by atoms with Gasteiger partial charge in [-0.15, -0.1) is 0 Å². The molecule has 13 atom stereocenters. The van der Waals surface area contributed by atoms with Gasteiger partial charge in [-0.05, 0) is 44.0 Å². The molecule has 2 aromatic rings. The maximum absolute atomic E-state index is 12.9. The number of benzene rings is 2. The van der Waals surface area contributed by atoms with Gasteiger partial charge in [0.25, 0.3) is 0 Å². The Morgan fingerprint density at radius 3 is 2.28 bits per heavy atom. The van der Waals surface area contributed by atoms with Crippen molar-refractivity contribution in [2.45, 2.75) is 73.8 Å². The fraction of sp³-hybridized carbons (Fsp3) is 0.562. The molecule has 2 spiro atoms. The zero-order chi connectivity index (χ0) is 33.1. The van der Waals surface area contributed by atoms with Crippen LogP contribution in [-0.2, 0) is 28.4 Å². The first kappa shape index (κ1) is 29.6. The molecule has 0 aromatic heterocycles. The van der Waals surface area contributed by atoms with Gasteiger partial charge in [0.15, 0.2) is 35.6 Å². The summed E-state index contributed by atoms with van der Waals surface area (Å²) in [6.07, 6.45) is -8.21. The predicted molar refractivity (Wildman–Crippen MR) is 148 cm³/mol. The van der Waals surface area contributed by atoms with E-state index in [0.29, 0.717) is 12.0 Å². The zero-order valence-electron chi connectivity index (χ0n) is 24.8. The van der Waals surface area contributed by atoms with Gasteiger partial charge in [-0.2, -0.15) is 0 Å². The fourth-order valence-corrected chi connectivity index (χ4v) is 10.7. The summed E-state index contributed by atoms with van der Waals surface area (Å²) in [5.41, 5.74) is -4.40. The lowest BCUT2D eigenvalue weighted by molar-refractivity contribution is -0.557. The Hall–Kier alpha value is -3.54. The molecule has 7 fully saturated rings. The number of rotatable bonds is 8. The molecule has 47 heavy (non-hydrogen) atoms. The number of carbonyl (C=O) groups excluding carboxylic acids is 2. The van der Waals surface area contributed by atoms with E-state index in [2.05, 4.69) is 0 Å². The van der Waals surface area contributed by atoms with E-state index in [1.54, 1.807) is 30.3 Å². The minimum Gasteiger partial charge on any atom is -0.504 e. The van der Waals surface area contributed by atoms with Crippen LogP contribution in [0.4, 0.5) is 0 Å². The quantitative estimate of drug-likeness (QED) is 0.142. The number of aromatic hydroxyl groups is 3. The number of fused-ring (bicyclic) bond motifs is 4. The largest absolute Gasteiger partial charge is 0.504 e. The highest BCUT2D eigenvalue weighted by molar-refractivity contribution is 5.91. The number of carbonyl (C=O) groups is 2. The van der Waals surface area contributed by atoms with Gasteiger partial charge in [-0.1, -0.05) is 18.2 Å². The molecular formula is C32H32O15. The Balaban J connectivity index is 0.965. The van der Waals surface area contributed by atoms with Crippen molar-refractivity contribution in [2.75, 3.05) is 13.2 Å². The van der Waals surface area contributed by atoms with Crippen LogP contribution in [0.25, 0.3) is 0 Å². The number of aliphatic hydroxyl groups is 4. The maximum atomic E-state index is 12.9. The van der Waals surface area contributed by atoms with Crippen molar-refractivity contribution >= 4 is 11.9 Å². The lowest BCUT2D eigenvalue weighted by Gasteiger charge is -2.73. The lowest BCUT2D eigenvalue weighted by atomic mass is 9.45. The van der Waals surface area contributed by atoms with Crippen molar-refractivity contribution in [2.24, 2.45) is 22.2 Å². The van der Waals surface area contributed by atoms with E-state index < -0.39 is 112 Å². The van der Waals surface area contributed by atoms with Crippen LogP contribution in [0.5, 0.6) is 17.2 Å². The van der Waals surface area contributed by atoms with Gasteiger partial charge in [0.2, 0.25) is 0 Å². The third-order valence-corrected chi connectivity index (χ3v) is 12.3. The molecule has 0 radical (unpaired) electrons. The average molecular weight is 657 g/mol. The molecule has 3 heterocycles. The Bertz CT molecular complexity index is 1710. The molecule has 15 nitrogen and oxygen atoms in total. The molecule has 250 valence electrons. The Morgan fingerprint density at radius 1 is 0.894 bits per heavy atom. The molecule has 0 amide bonds. The second kappa shape index (κ2) is 8.73. The first-order valence-corrected chi connectivity index (χ1v) is 15.3. The first-order valence-electron chi connectivity index (χ1n) is 15.3. The third-order valence-electron chi connectivity index (χ3n) is 12.3. The summed E-state index contributed by atoms with van der Waals surface area (Å²) in [6.45, 7) is 1.19. The molecule has 9 rings (SSSR count). The highest BCUT2D eigenvalue weighted by Gasteiger charge is 3.21. The summed E-state index contributed by atoms with van der Waals surface area (Å²) in [4.78, 5) is 25.5. The fourth-order valence-electron chi connectivity index (χ4n) is 10.7. The minimum absolute atomic E-state index is 0.0108. The van der Waals surface area contributed by atoms with Crippen LogP contribution in [0.1, 0.15) is 40.5 Å². The Labute approximate surface area is 265 Å². The van der Waals surface area contributed by atoms with Crippen molar-refractivity contribution in [3.63, 3.8) is 0 Å². The van der Waals surface area contributed by atoms with Crippen molar-refractivity contribution in [1.29, 1.82) is 0 Å². The van der Waals surface area contributed by atoms with E-state index in [-0.39, 0.29) is 18.6 Å². The zero-order valence-corrected chi connectivity index (χ0v) is 24.8. The number of phenols is 3. The summed E-state index contributed by atoms with van der Waals surface area (Å²) in [5.74, 6) is -5.87. The van der Waals surface area contributed by atoms with Gasteiger partial charge in [0.05, 0.1) is 28.7 Å². The van der Waals surface area contributed by atoms with Crippen molar-refractivity contribution in [3.8, 4) is 17.2 Å². The number of ether oxygens (including phenoxy) is 6. The van der Waals surface area contributed by atoms with Crippen molar-refractivity contribution < 1.29 is 73.8 Å². The van der Waals surface area contributed by atoms with Crippen LogP contribution in [0.15, 0.2) is 42.5 Å². The molecular weight excluding hydrogens is 624 g/mol. The third kappa shape index (κ3) is 2.95. The van der Waals surface area contributed by atoms with Gasteiger partial charge >= 0.3 is 11.9 Å². The number of hydrogen-bond acceptors (Lipinski definition) is 15. The van der Waals surface area contributed by atoms with E-state index in [9.17, 15) is 45.3 Å². The van der Waals surface area contributed by atoms with Crippen LogP contribution in [0.3, 0.4) is 0 Å². The van der Waals surface area contributed by atoms with Gasteiger partial charge in [0, 0.05) is 16.7 Å². The SMILES string of the molecule is C[C@]12CC34C(O[C@@]3(O)[C@@H]3C5(COC(=O)c6ccccc6)C[C@@]1(O[C@@H]1OC(COC(=O)c6cc(O)c(O)c(O)c6)C(O)C(O)C1O)[C@]354)O2. The molecule has 2 aromatic carbocycles. The topological polar surface area (TPSA) is 231 Å². The summed E-state index contributed by atoms with van der Waals surface area (Å²) in [7, 11) is 0. The maximum Gasteiger partial charge on any atom is 0.338 e. The van der Waals surface area contributed by atoms with Gasteiger partial charge in [-0.25, -0.2) is 9.59 Å². The van der Waals surface area contributed by atoms with Crippen LogP contribution in [0, 0.1) is 22.2 Å². The van der Waals surface area contributed by atoms with Crippen LogP contribution in [0.2, 0.25) is 0 Å². The second-order valence-corrected chi connectivity index (χ2v) is 14.1. The van der Waals surface area contributed by atoms with E-state index in [1.165, 1.54) is 0 Å². The number of aliphatic hydroxyl groups excluding tert-OH is 3. The lowest BCUT2D eigenvalue weighted by Crippen LogP contribution is -2.86. The molecule has 4 saturated carbocycles. The highest BCUT2D eigenvalue weighted by Crippen LogP contribution is 3.12. The normalized spacial score (nSPS) is 48.7. The summed E-state index contributed by atoms with van der Waals surface area (Å²) < 4.78 is 35.7. The van der Waals surface area contributed by atoms with Crippen LogP contribution < -0.4 is 0 Å². The van der Waals surface area contributed by atoms with E-state index in [0.717, 1.165) is 12.1 Å². The molecule has 3 saturated heterocycles. The first-order chi connectivity index (χ1) is 22.2. The van der Waals surface area contributed by atoms with Crippen LogP contribution >= 0.6 is 0 Å². The molecule has 4 aliphatic carbocycles. The minimum atomic E-state index is -1.77. The van der Waals surface area contributed by atoms with Crippen molar-refractivity contribution in [3.05, 3.63) is 53.6 Å². The second-order valence-electron chi connectivity index (χ2n) is 14.1. The van der Waals surface area contributed by atoms with Gasteiger partial charge in [0.1, 0.15) is 36.6 Å². The average Bonchev–Trinajstić information content (AvgIpc) is 3.24. The standard InChI is InChI=1S/C32H32O15/c1-27-10-29-26(46-27)47-32(29,41)25-28(12-43-22(39)13-5-3-2-4-6-13)11-30(27,31(25,28)29)45-24-21(38)20(37)19(36)17(44-24)9-42-23(40)14-7-15(33)18(35)16(34)8-14/h2-8,17,19-21,24-26,33-38,41H,9-12H2,1H3/t17?,19?,20?,21?,24-,25+,26?,27-,28?,29?,30-,31+,32-/m0/s1. The summed E-state index contributed by atoms with van der Waals surface area (Å²) in [6, 6.07) is 10.3. The van der Waals surface area contributed by atoms with Crippen LogP contribution in [-0.4, -0.2) is 115 Å². The smallest absolute Gasteiger partial charge is 0.338 e. The summed E-state index contributed by atoms with van der Waals surface area (Å²) >= 11 is 0. The number of esters is 2. The number of phenolic OH excluding ortho intramolecular Hbond substituents is 3. The molecule has 7 unspecified atom stereocenters. The Kier molecular flexibility index (Phi) is 5.49. The van der Waals surface area contributed by atoms with Gasteiger partial charge in [-0.3, -0.25) is 0 Å². The molecule has 3 aliphatic heterocycles. The van der Waals surface area contributed by atoms with E-state index >= 15 is 0 Å². The molecule has 15 heteroatoms. The van der Waals surface area contributed by atoms with E-state index in [1.807, 2.05) is 6.92 Å². The number of hydrogen-bond donors (Lipinski definition) is 7. The summed E-state index contributed by atoms with van der Waals surface area (Å²) in [5, 5.41) is 73.2. The molecule has 7 aliphatic rings. The molecule has 7 N–H and O–H groups in total. The van der Waals surface area contributed by atoms with Crippen molar-refractivity contribution in [1.82, 2.24) is 0 Å².